The summed E-state index contributed by atoms with van der Waals surface area (Å²) in [6, 6.07) is 9.41. The maximum atomic E-state index is 12.7. The Hall–Kier alpha value is -1.77. The predicted molar refractivity (Wildman–Crippen MR) is 119 cm³/mol. The molecule has 0 saturated heterocycles. The molecule has 0 spiro atoms. The third kappa shape index (κ3) is 3.03. The molecule has 1 unspecified atom stereocenters. The number of hydrogen-bond acceptors (Lipinski definition) is 4. The number of nitrogens with one attached hydrogen (secondary N) is 1. The van der Waals surface area contributed by atoms with E-state index in [0.717, 1.165) is 29.8 Å². The van der Waals surface area contributed by atoms with E-state index in [-0.39, 0.29) is 16.0 Å². The van der Waals surface area contributed by atoms with Crippen LogP contribution < -0.4 is 4.72 Å². The Labute approximate surface area is 189 Å². The van der Waals surface area contributed by atoms with Gasteiger partial charge >= 0.3 is 0 Å². The summed E-state index contributed by atoms with van der Waals surface area (Å²) in [6.45, 7) is 1.52. The minimum absolute atomic E-state index is 0.00330. The average molecular weight is 484 g/mol. The normalized spacial score (nSPS) is 19.6. The van der Waals surface area contributed by atoms with Gasteiger partial charge in [0.25, 0.3) is 10.0 Å². The van der Waals surface area contributed by atoms with Gasteiger partial charge in [0.15, 0.2) is 4.90 Å². The van der Waals surface area contributed by atoms with Crippen molar-refractivity contribution in [2.45, 2.75) is 17.4 Å². The lowest BCUT2D eigenvalue weighted by Gasteiger charge is -2.34. The quantitative estimate of drug-likeness (QED) is 0.543. The molecule has 0 radical (unpaired) electrons. The Balaban J connectivity index is 1.70. The summed E-state index contributed by atoms with van der Waals surface area (Å²) in [7, 11) is -0.113. The zero-order chi connectivity index (χ0) is 21.4. The van der Waals surface area contributed by atoms with Crippen LogP contribution in [-0.2, 0) is 23.6 Å². The third-order valence-corrected chi connectivity index (χ3v) is 8.16. The van der Waals surface area contributed by atoms with Crippen LogP contribution >= 0.6 is 34.8 Å². The first-order chi connectivity index (χ1) is 14.2. The second kappa shape index (κ2) is 6.87. The first-order valence-electron chi connectivity index (χ1n) is 9.21. The standard InChI is InChI=1S/C20H17Cl3N4O2S/c1-26-8-14(12-6-11(21)7-16(22)15(12)9-26)10-3-4-17-13(5-10)18-19(30(28,29)25-17)20(23)27(2)24-18/h3-7,14,25H,8-9H2,1-2H3. The SMILES string of the molecule is CN1Cc2c(Cl)cc(Cl)cc2C(c2ccc3c(c2)-c2nn(C)c(Cl)c2S(=O)(=O)N3)C1. The zero-order valence-electron chi connectivity index (χ0n) is 16.1. The summed E-state index contributed by atoms with van der Waals surface area (Å²) in [6.07, 6.45) is 0. The summed E-state index contributed by atoms with van der Waals surface area (Å²) < 4.78 is 29.3. The van der Waals surface area contributed by atoms with Crippen LogP contribution in [0.15, 0.2) is 35.2 Å². The Kier molecular flexibility index (Phi) is 4.61. The molecule has 1 aromatic heterocycles. The van der Waals surface area contributed by atoms with Gasteiger partial charge in [0.2, 0.25) is 0 Å². The maximum absolute atomic E-state index is 12.7. The number of nitrogens with zero attached hydrogens (tertiary/aromatic N) is 3. The second-order valence-electron chi connectivity index (χ2n) is 7.71. The monoisotopic (exact) mass is 482 g/mol. The highest BCUT2D eigenvalue weighted by Crippen LogP contribution is 2.44. The number of anilines is 1. The molecule has 1 atom stereocenters. The molecule has 0 bridgehead atoms. The van der Waals surface area contributed by atoms with Crippen LogP contribution in [0.1, 0.15) is 22.6 Å². The number of rotatable bonds is 1. The van der Waals surface area contributed by atoms with E-state index in [9.17, 15) is 8.42 Å². The number of hydrogen-bond donors (Lipinski definition) is 1. The van der Waals surface area contributed by atoms with Crippen LogP contribution in [0, 0.1) is 0 Å². The van der Waals surface area contributed by atoms with E-state index in [2.05, 4.69) is 14.7 Å². The third-order valence-electron chi connectivity index (χ3n) is 5.64. The summed E-state index contributed by atoms with van der Waals surface area (Å²) in [5.41, 5.74) is 4.69. The van der Waals surface area contributed by atoms with Gasteiger partial charge < -0.3 is 4.90 Å². The highest BCUT2D eigenvalue weighted by Gasteiger charge is 2.35. The summed E-state index contributed by atoms with van der Waals surface area (Å²) in [5, 5.41) is 5.70. The molecule has 0 amide bonds. The van der Waals surface area contributed by atoms with Crippen molar-refractivity contribution in [3.8, 4) is 11.3 Å². The van der Waals surface area contributed by atoms with Crippen LogP contribution in [0.3, 0.4) is 0 Å². The molecule has 6 nitrogen and oxygen atoms in total. The highest BCUT2D eigenvalue weighted by atomic mass is 35.5. The number of halogens is 3. The van der Waals surface area contributed by atoms with E-state index in [1.165, 1.54) is 4.68 Å². The van der Waals surface area contributed by atoms with Gasteiger partial charge in [-0.3, -0.25) is 9.40 Å². The second-order valence-corrected chi connectivity index (χ2v) is 10.5. The van der Waals surface area contributed by atoms with E-state index >= 15 is 0 Å². The molecule has 2 aliphatic heterocycles. The molecule has 3 aromatic rings. The molecule has 0 fully saturated rings. The molecule has 1 N–H and O–H groups in total. The number of sulfonamides is 1. The summed E-state index contributed by atoms with van der Waals surface area (Å²) in [4.78, 5) is 2.21. The predicted octanol–water partition coefficient (Wildman–Crippen LogP) is 4.74. The minimum atomic E-state index is -3.78. The molecule has 156 valence electrons. The minimum Gasteiger partial charge on any atom is -0.301 e. The number of aromatic nitrogens is 2. The van der Waals surface area contributed by atoms with Crippen molar-refractivity contribution in [2.24, 2.45) is 7.05 Å². The van der Waals surface area contributed by atoms with Crippen molar-refractivity contribution in [1.29, 1.82) is 0 Å². The van der Waals surface area contributed by atoms with Gasteiger partial charge in [-0.25, -0.2) is 8.42 Å². The Morgan fingerprint density at radius 3 is 2.67 bits per heavy atom. The molecule has 2 aromatic carbocycles. The van der Waals surface area contributed by atoms with Crippen molar-refractivity contribution >= 4 is 50.5 Å². The van der Waals surface area contributed by atoms with Crippen LogP contribution in [0.2, 0.25) is 15.2 Å². The van der Waals surface area contributed by atoms with E-state index in [1.807, 2.05) is 25.2 Å². The lowest BCUT2D eigenvalue weighted by atomic mass is 9.84. The van der Waals surface area contributed by atoms with E-state index in [0.29, 0.717) is 27.0 Å². The van der Waals surface area contributed by atoms with Gasteiger partial charge in [0, 0.05) is 41.7 Å². The molecule has 2 aliphatic rings. The topological polar surface area (TPSA) is 67.2 Å². The van der Waals surface area contributed by atoms with Gasteiger partial charge in [-0.1, -0.05) is 40.9 Å². The highest BCUT2D eigenvalue weighted by molar-refractivity contribution is 7.93. The van der Waals surface area contributed by atoms with Crippen molar-refractivity contribution in [3.63, 3.8) is 0 Å². The fourth-order valence-corrected chi connectivity index (χ4v) is 6.62. The molecular weight excluding hydrogens is 467 g/mol. The van der Waals surface area contributed by atoms with Crippen LogP contribution in [0.4, 0.5) is 5.69 Å². The Morgan fingerprint density at radius 1 is 1.13 bits per heavy atom. The van der Waals surface area contributed by atoms with E-state index < -0.39 is 10.0 Å². The largest absolute Gasteiger partial charge is 0.301 e. The number of benzene rings is 2. The lowest BCUT2D eigenvalue weighted by Crippen LogP contribution is -2.31. The molecule has 5 rings (SSSR count). The first-order valence-corrected chi connectivity index (χ1v) is 11.8. The molecule has 30 heavy (non-hydrogen) atoms. The zero-order valence-corrected chi connectivity index (χ0v) is 19.2. The fourth-order valence-electron chi connectivity index (χ4n) is 4.29. The van der Waals surface area contributed by atoms with Crippen molar-refractivity contribution in [2.75, 3.05) is 18.3 Å². The van der Waals surface area contributed by atoms with Gasteiger partial charge in [0.1, 0.15) is 10.8 Å². The lowest BCUT2D eigenvalue weighted by molar-refractivity contribution is 0.295. The first kappa shape index (κ1) is 20.2. The van der Waals surface area contributed by atoms with Crippen LogP contribution in [0.25, 0.3) is 11.3 Å². The molecule has 0 saturated carbocycles. The summed E-state index contributed by atoms with van der Waals surface area (Å²) >= 11 is 19.0. The number of fused-ring (bicyclic) bond motifs is 4. The Morgan fingerprint density at radius 2 is 1.90 bits per heavy atom. The summed E-state index contributed by atoms with van der Waals surface area (Å²) in [5.74, 6) is 0.0291. The molecule has 3 heterocycles. The number of likely N-dealkylation sites (N-methyl/N-ethyl adjacent to an activating group) is 1. The molecule has 10 heteroatoms. The average Bonchev–Trinajstić information content (AvgIpc) is 2.97. The van der Waals surface area contributed by atoms with E-state index in [1.54, 1.807) is 19.2 Å². The maximum Gasteiger partial charge on any atom is 0.267 e. The smallest absolute Gasteiger partial charge is 0.267 e. The number of aryl methyl sites for hydroxylation is 1. The van der Waals surface area contributed by atoms with Crippen LogP contribution in [-0.4, -0.2) is 36.7 Å². The van der Waals surface area contributed by atoms with Crippen molar-refractivity contribution in [3.05, 3.63) is 62.2 Å². The fraction of sp³-hybridized carbons (Fsp3) is 0.250. The molecular formula is C20H17Cl3N4O2S. The van der Waals surface area contributed by atoms with Crippen LogP contribution in [0.5, 0.6) is 0 Å². The molecule has 0 aliphatic carbocycles. The van der Waals surface area contributed by atoms with Gasteiger partial charge in [-0.05, 0) is 48.0 Å². The Bertz CT molecular complexity index is 1320. The van der Waals surface area contributed by atoms with Gasteiger partial charge in [-0.15, -0.1) is 0 Å². The van der Waals surface area contributed by atoms with Crippen molar-refractivity contribution < 1.29 is 8.42 Å². The van der Waals surface area contributed by atoms with Gasteiger partial charge in [0.05, 0.1) is 5.69 Å². The van der Waals surface area contributed by atoms with Gasteiger partial charge in [-0.2, -0.15) is 5.10 Å². The van der Waals surface area contributed by atoms with E-state index in [4.69, 9.17) is 34.8 Å². The van der Waals surface area contributed by atoms with Crippen molar-refractivity contribution in [1.82, 2.24) is 14.7 Å².